The van der Waals surface area contributed by atoms with Crippen LogP contribution in [0.4, 0.5) is 0 Å². The van der Waals surface area contributed by atoms with Gasteiger partial charge in [-0.25, -0.2) is 0 Å². The first-order valence-electron chi connectivity index (χ1n) is 28.7. The Labute approximate surface area is 439 Å². The van der Waals surface area contributed by atoms with Crippen LogP contribution in [0, 0.1) is 0 Å². The maximum atomic E-state index is 5.12. The van der Waals surface area contributed by atoms with Crippen LogP contribution < -0.4 is 0 Å². The zero-order chi connectivity index (χ0) is 49.7. The molecule has 0 saturated carbocycles. The fourth-order valence-electron chi connectivity index (χ4n) is 12.0. The van der Waals surface area contributed by atoms with Gasteiger partial charge in [-0.1, -0.05) is 234 Å². The van der Waals surface area contributed by atoms with E-state index in [1.807, 2.05) is 22.7 Å². The number of hydrogen-bond acceptors (Lipinski definition) is 5. The molecule has 5 heteroatoms. The summed E-state index contributed by atoms with van der Waals surface area (Å²) in [5.74, 6) is 0. The highest BCUT2D eigenvalue weighted by Crippen LogP contribution is 2.57. The van der Waals surface area contributed by atoms with E-state index in [9.17, 15) is 0 Å². The highest BCUT2D eigenvalue weighted by Gasteiger charge is 2.43. The van der Waals surface area contributed by atoms with Gasteiger partial charge in [-0.3, -0.25) is 0 Å². The minimum absolute atomic E-state index is 0.0376. The Morgan fingerprint density at radius 2 is 0.929 bits per heavy atom. The van der Waals surface area contributed by atoms with Gasteiger partial charge in [0.2, 0.25) is 0 Å². The molecule has 0 amide bonds. The summed E-state index contributed by atoms with van der Waals surface area (Å²) in [7, 11) is 0. The number of hydrogen-bond donors (Lipinski definition) is 0. The molecule has 3 aromatic heterocycles. The molecule has 0 atom stereocenters. The van der Waals surface area contributed by atoms with Crippen molar-refractivity contribution in [2.24, 2.45) is 0 Å². The van der Waals surface area contributed by atoms with E-state index in [1.54, 1.807) is 21.6 Å². The average molecular weight is 998 g/mol. The lowest BCUT2D eigenvalue weighted by Gasteiger charge is -2.34. The molecule has 0 N–H and O–H groups in total. The lowest BCUT2D eigenvalue weighted by molar-refractivity contribution is 0.397. The summed E-state index contributed by atoms with van der Waals surface area (Å²) in [5, 5.41) is 0. The summed E-state index contributed by atoms with van der Waals surface area (Å²) in [4.78, 5) is 5.73. The van der Waals surface area contributed by atoms with E-state index >= 15 is 0 Å². The van der Waals surface area contributed by atoms with Gasteiger partial charge in [0.25, 0.3) is 0 Å². The summed E-state index contributed by atoms with van der Waals surface area (Å²) in [5.41, 5.74) is 17.1. The van der Waals surface area contributed by atoms with Gasteiger partial charge in [-0.2, -0.15) is 8.75 Å². The normalized spacial score (nSPS) is 13.5. The summed E-state index contributed by atoms with van der Waals surface area (Å²) >= 11 is 5.42. The molecule has 70 heavy (non-hydrogen) atoms. The maximum Gasteiger partial charge on any atom is 0.114 e. The molecule has 0 radical (unpaired) electrons. The number of benzene rings is 3. The van der Waals surface area contributed by atoms with Crippen LogP contribution in [0.15, 0.2) is 60.7 Å². The van der Waals surface area contributed by atoms with Crippen molar-refractivity contribution in [3.63, 3.8) is 0 Å². The second kappa shape index (κ2) is 25.7. The van der Waals surface area contributed by atoms with Crippen molar-refractivity contribution in [3.8, 4) is 42.4 Å². The van der Waals surface area contributed by atoms with Gasteiger partial charge in [0.15, 0.2) is 0 Å². The Balaban J connectivity index is 1.31. The van der Waals surface area contributed by atoms with Crippen LogP contribution in [0.5, 0.6) is 0 Å². The van der Waals surface area contributed by atoms with Crippen LogP contribution in [0.1, 0.15) is 256 Å². The van der Waals surface area contributed by atoms with E-state index in [4.69, 9.17) is 8.75 Å². The van der Waals surface area contributed by atoms with Crippen LogP contribution >= 0.6 is 34.4 Å². The number of nitrogens with zero attached hydrogens (tertiary/aromatic N) is 2. The van der Waals surface area contributed by atoms with Crippen molar-refractivity contribution in [2.45, 2.75) is 252 Å². The zero-order valence-electron chi connectivity index (χ0n) is 45.8. The topological polar surface area (TPSA) is 25.8 Å². The van der Waals surface area contributed by atoms with E-state index in [-0.39, 0.29) is 16.2 Å². The summed E-state index contributed by atoms with van der Waals surface area (Å²) in [6, 6.07) is 25.2. The first kappa shape index (κ1) is 54.6. The highest BCUT2D eigenvalue weighted by atomic mass is 32.1. The molecular formula is C65H92N2S3. The van der Waals surface area contributed by atoms with Gasteiger partial charge in [-0.15, -0.1) is 22.7 Å². The Bertz CT molecular complexity index is 2540. The van der Waals surface area contributed by atoms with Gasteiger partial charge >= 0.3 is 0 Å². The van der Waals surface area contributed by atoms with Gasteiger partial charge in [0, 0.05) is 36.1 Å². The van der Waals surface area contributed by atoms with Crippen molar-refractivity contribution >= 4 is 45.4 Å². The Hall–Kier alpha value is -3.12. The van der Waals surface area contributed by atoms with Crippen LogP contribution in [0.25, 0.3) is 53.5 Å². The third kappa shape index (κ3) is 12.8. The number of fused-ring (bicyclic) bond motifs is 4. The number of unbranched alkanes of at least 4 members (excludes halogenated alkanes) is 16. The Morgan fingerprint density at radius 3 is 1.49 bits per heavy atom. The molecule has 0 aliphatic heterocycles. The Kier molecular flexibility index (Phi) is 20.1. The summed E-state index contributed by atoms with van der Waals surface area (Å²) < 4.78 is 10.2. The largest absolute Gasteiger partial charge is 0.172 e. The zero-order valence-corrected chi connectivity index (χ0v) is 48.2. The molecule has 1 aliphatic carbocycles. The molecule has 0 saturated heterocycles. The summed E-state index contributed by atoms with van der Waals surface area (Å²) in [6.45, 7) is 23.8. The third-order valence-electron chi connectivity index (χ3n) is 16.1. The highest BCUT2D eigenvalue weighted by molar-refractivity contribution is 7.19. The average Bonchev–Trinajstić information content (AvgIpc) is 4.16. The lowest BCUT2D eigenvalue weighted by Crippen LogP contribution is -2.26. The van der Waals surface area contributed by atoms with E-state index in [1.165, 1.54) is 226 Å². The summed E-state index contributed by atoms with van der Waals surface area (Å²) in [6.07, 6.45) is 33.4. The molecule has 0 spiro atoms. The number of thiophene rings is 2. The molecule has 7 rings (SSSR count). The molecule has 6 aromatic rings. The van der Waals surface area contributed by atoms with Gasteiger partial charge in [0.05, 0.1) is 11.7 Å². The smallest absolute Gasteiger partial charge is 0.114 e. The number of aryl methyl sites for hydroxylation is 2. The molecule has 2 nitrogen and oxygen atoms in total. The molecule has 0 unspecified atom stereocenters. The predicted octanol–water partition coefficient (Wildman–Crippen LogP) is 22.2. The van der Waals surface area contributed by atoms with Gasteiger partial charge in [-0.05, 0) is 118 Å². The van der Waals surface area contributed by atoms with Crippen molar-refractivity contribution in [1.82, 2.24) is 8.75 Å². The van der Waals surface area contributed by atoms with Crippen LogP contribution in [-0.2, 0) is 29.1 Å². The van der Waals surface area contributed by atoms with E-state index in [0.29, 0.717) is 0 Å². The molecule has 0 fully saturated rings. The van der Waals surface area contributed by atoms with Crippen molar-refractivity contribution in [1.29, 1.82) is 0 Å². The SMILES string of the molecule is CCCCCCCCC1(CCCCCCCC)c2cc(-c3sc(-c4ccc(-c5cc(CCCCCC)c(C(C)(C)CCC)s5)c5nsnc45)cc3CCCCCC)ccc2-c2ccc(C(C)(C)C)cc21. The van der Waals surface area contributed by atoms with E-state index in [2.05, 4.69) is 130 Å². The Morgan fingerprint density at radius 1 is 0.457 bits per heavy atom. The van der Waals surface area contributed by atoms with Gasteiger partial charge in [0.1, 0.15) is 11.0 Å². The minimum atomic E-state index is 0.0376. The number of aromatic nitrogens is 2. The van der Waals surface area contributed by atoms with Crippen LogP contribution in [0.3, 0.4) is 0 Å². The molecule has 0 bridgehead atoms. The van der Waals surface area contributed by atoms with E-state index in [0.717, 1.165) is 17.5 Å². The van der Waals surface area contributed by atoms with Crippen molar-refractivity contribution < 1.29 is 0 Å². The monoisotopic (exact) mass is 997 g/mol. The van der Waals surface area contributed by atoms with Crippen molar-refractivity contribution in [3.05, 3.63) is 93.4 Å². The minimum Gasteiger partial charge on any atom is -0.172 e. The van der Waals surface area contributed by atoms with E-state index < -0.39 is 0 Å². The third-order valence-corrected chi connectivity index (χ3v) is 19.4. The standard InChI is InChI=1S/C65H92N2S3/c1-11-16-20-24-26-30-41-65(42-31-27-25-21-17-12-2)55-43-48(34-36-51(55)52-37-35-50(46-56(52)65)63(6,7)8)61-47(32-28-22-18-13-3)44-57(68-61)53-38-39-54(60-59(53)66-70-67-60)58-45-49(33-29-23-19-14-4)62(69-58)64(9,10)40-15-5/h34-39,43-46H,11-33,40-42H2,1-10H3. The molecule has 3 aromatic carbocycles. The second-order valence-electron chi connectivity index (χ2n) is 23.2. The second-order valence-corrected chi connectivity index (χ2v) is 25.8. The molecule has 3 heterocycles. The first-order valence-corrected chi connectivity index (χ1v) is 31.1. The fraction of sp³-hybridized carbons (Fsp3) is 0.600. The molecule has 380 valence electrons. The van der Waals surface area contributed by atoms with Crippen LogP contribution in [-0.4, -0.2) is 8.75 Å². The first-order chi connectivity index (χ1) is 33.9. The predicted molar refractivity (Wildman–Crippen MR) is 314 cm³/mol. The molecular weight excluding hydrogens is 905 g/mol. The molecule has 1 aliphatic rings. The maximum absolute atomic E-state index is 5.12. The quantitative estimate of drug-likeness (QED) is 0.0420. The van der Waals surface area contributed by atoms with Gasteiger partial charge < -0.3 is 0 Å². The fourth-order valence-corrected chi connectivity index (χ4v) is 15.2. The number of rotatable bonds is 30. The van der Waals surface area contributed by atoms with Crippen molar-refractivity contribution in [2.75, 3.05) is 0 Å². The lowest BCUT2D eigenvalue weighted by atomic mass is 9.69. The van der Waals surface area contributed by atoms with Crippen LogP contribution in [0.2, 0.25) is 0 Å².